The molecule has 0 unspecified atom stereocenters. The van der Waals surface area contributed by atoms with E-state index in [4.69, 9.17) is 5.73 Å². The highest BCUT2D eigenvalue weighted by atomic mass is 15.1. The number of rotatable bonds is 5. The number of nitrogen functional groups attached to an aromatic ring is 1. The Morgan fingerprint density at radius 1 is 1.25 bits per heavy atom. The second kappa shape index (κ2) is 5.24. The molecule has 1 aromatic carbocycles. The van der Waals surface area contributed by atoms with Gasteiger partial charge in [0.1, 0.15) is 0 Å². The molecule has 0 radical (unpaired) electrons. The summed E-state index contributed by atoms with van der Waals surface area (Å²) in [5.74, 6) is 0. The second-order valence-electron chi connectivity index (χ2n) is 4.69. The smallest absolute Gasteiger partial charge is 0.0420 e. The van der Waals surface area contributed by atoms with Crippen molar-refractivity contribution in [2.24, 2.45) is 0 Å². The fourth-order valence-corrected chi connectivity index (χ4v) is 2.42. The molecule has 0 fully saturated rings. The van der Waals surface area contributed by atoms with E-state index in [-0.39, 0.29) is 0 Å². The summed E-state index contributed by atoms with van der Waals surface area (Å²) in [5, 5.41) is 0. The van der Waals surface area contributed by atoms with Gasteiger partial charge in [0.2, 0.25) is 0 Å². The highest BCUT2D eigenvalue weighted by Crippen LogP contribution is 2.29. The largest absolute Gasteiger partial charge is 0.399 e. The predicted octanol–water partition coefficient (Wildman–Crippen LogP) is 3.21. The molecule has 0 saturated carbocycles. The maximum absolute atomic E-state index is 5.84. The fraction of sp³-hybridized carbons (Fsp3) is 0.571. The molecule has 16 heavy (non-hydrogen) atoms. The van der Waals surface area contributed by atoms with Crippen LogP contribution in [-0.2, 0) is 6.42 Å². The number of anilines is 2. The number of fused-ring (bicyclic) bond motifs is 1. The van der Waals surface area contributed by atoms with E-state index in [1.807, 2.05) is 6.07 Å². The van der Waals surface area contributed by atoms with E-state index in [2.05, 4.69) is 24.0 Å². The summed E-state index contributed by atoms with van der Waals surface area (Å²) < 4.78 is 0. The Labute approximate surface area is 98.4 Å². The van der Waals surface area contributed by atoms with Crippen LogP contribution in [0.5, 0.6) is 0 Å². The summed E-state index contributed by atoms with van der Waals surface area (Å²) in [6.45, 7) is 4.62. The fourth-order valence-electron chi connectivity index (χ4n) is 2.42. The molecule has 0 spiro atoms. The molecule has 0 atom stereocenters. The first kappa shape index (κ1) is 11.3. The number of unbranched alkanes of at least 4 members (excludes halogenated alkanes) is 3. The van der Waals surface area contributed by atoms with Crippen molar-refractivity contribution in [1.82, 2.24) is 0 Å². The van der Waals surface area contributed by atoms with Crippen LogP contribution >= 0.6 is 0 Å². The molecular weight excluding hydrogens is 196 g/mol. The molecule has 1 heterocycles. The molecule has 2 nitrogen and oxygen atoms in total. The van der Waals surface area contributed by atoms with E-state index in [0.717, 1.165) is 5.69 Å². The van der Waals surface area contributed by atoms with Crippen LogP contribution in [0.1, 0.15) is 38.2 Å². The van der Waals surface area contributed by atoms with Crippen LogP contribution < -0.4 is 10.6 Å². The summed E-state index contributed by atoms with van der Waals surface area (Å²) in [6, 6.07) is 6.32. The number of nitrogens with zero attached hydrogens (tertiary/aromatic N) is 1. The van der Waals surface area contributed by atoms with E-state index < -0.39 is 0 Å². The van der Waals surface area contributed by atoms with Gasteiger partial charge < -0.3 is 10.6 Å². The van der Waals surface area contributed by atoms with Gasteiger partial charge in [0.25, 0.3) is 0 Å². The minimum Gasteiger partial charge on any atom is -0.399 e. The van der Waals surface area contributed by atoms with Gasteiger partial charge in [-0.3, -0.25) is 0 Å². The SMILES string of the molecule is CCCCCCN1CCc2ccc(N)cc21. The van der Waals surface area contributed by atoms with Crippen molar-refractivity contribution in [2.75, 3.05) is 23.7 Å². The number of hydrogen-bond donors (Lipinski definition) is 1. The number of nitrogens with two attached hydrogens (primary N) is 1. The molecule has 88 valence electrons. The quantitative estimate of drug-likeness (QED) is 0.607. The third kappa shape index (κ3) is 2.49. The van der Waals surface area contributed by atoms with Crippen molar-refractivity contribution >= 4 is 11.4 Å². The predicted molar refractivity (Wildman–Crippen MR) is 70.9 cm³/mol. The van der Waals surface area contributed by atoms with Gasteiger partial charge in [0.05, 0.1) is 0 Å². The molecule has 1 aliphatic heterocycles. The molecule has 0 aromatic heterocycles. The van der Waals surface area contributed by atoms with Gasteiger partial charge in [0.15, 0.2) is 0 Å². The lowest BCUT2D eigenvalue weighted by Gasteiger charge is -2.19. The lowest BCUT2D eigenvalue weighted by Crippen LogP contribution is -2.21. The van der Waals surface area contributed by atoms with Crippen LogP contribution in [0.25, 0.3) is 0 Å². The Kier molecular flexibility index (Phi) is 3.70. The topological polar surface area (TPSA) is 29.3 Å². The normalized spacial score (nSPS) is 14.2. The first-order chi connectivity index (χ1) is 7.81. The van der Waals surface area contributed by atoms with Gasteiger partial charge in [-0.2, -0.15) is 0 Å². The van der Waals surface area contributed by atoms with Crippen molar-refractivity contribution in [3.63, 3.8) is 0 Å². The maximum Gasteiger partial charge on any atom is 0.0420 e. The Balaban J connectivity index is 1.92. The van der Waals surface area contributed by atoms with E-state index in [1.165, 1.54) is 56.4 Å². The molecular formula is C14H22N2. The standard InChI is InChI=1S/C14H22N2/c1-2-3-4-5-9-16-10-8-12-6-7-13(15)11-14(12)16/h6-7,11H,2-5,8-10,15H2,1H3. The lowest BCUT2D eigenvalue weighted by atomic mass is 10.1. The minimum atomic E-state index is 0.888. The van der Waals surface area contributed by atoms with Gasteiger partial charge >= 0.3 is 0 Å². The van der Waals surface area contributed by atoms with E-state index >= 15 is 0 Å². The van der Waals surface area contributed by atoms with Crippen molar-refractivity contribution in [3.8, 4) is 0 Å². The van der Waals surface area contributed by atoms with Gasteiger partial charge in [-0.15, -0.1) is 0 Å². The molecule has 2 rings (SSSR count). The number of benzene rings is 1. The minimum absolute atomic E-state index is 0.888. The highest BCUT2D eigenvalue weighted by Gasteiger charge is 2.18. The summed E-state index contributed by atoms with van der Waals surface area (Å²) >= 11 is 0. The summed E-state index contributed by atoms with van der Waals surface area (Å²) in [6.07, 6.45) is 6.51. The first-order valence-electron chi connectivity index (χ1n) is 6.44. The molecule has 1 aromatic rings. The molecule has 0 aliphatic carbocycles. The van der Waals surface area contributed by atoms with Crippen molar-refractivity contribution in [3.05, 3.63) is 23.8 Å². The van der Waals surface area contributed by atoms with Crippen LogP contribution in [-0.4, -0.2) is 13.1 Å². The highest BCUT2D eigenvalue weighted by molar-refractivity contribution is 5.64. The molecule has 0 bridgehead atoms. The molecule has 0 amide bonds. The molecule has 1 aliphatic rings. The Morgan fingerprint density at radius 3 is 2.94 bits per heavy atom. The summed E-state index contributed by atoms with van der Waals surface area (Å²) in [7, 11) is 0. The second-order valence-corrected chi connectivity index (χ2v) is 4.69. The summed E-state index contributed by atoms with van der Waals surface area (Å²) in [5.41, 5.74) is 9.57. The van der Waals surface area contributed by atoms with E-state index in [0.29, 0.717) is 0 Å². The van der Waals surface area contributed by atoms with Crippen molar-refractivity contribution < 1.29 is 0 Å². The average molecular weight is 218 g/mol. The van der Waals surface area contributed by atoms with E-state index in [9.17, 15) is 0 Å². The molecule has 2 heteroatoms. The van der Waals surface area contributed by atoms with Crippen LogP contribution in [0, 0.1) is 0 Å². The third-order valence-corrected chi connectivity index (χ3v) is 3.38. The van der Waals surface area contributed by atoms with Crippen molar-refractivity contribution in [1.29, 1.82) is 0 Å². The Bertz CT molecular complexity index is 347. The van der Waals surface area contributed by atoms with Crippen LogP contribution in [0.3, 0.4) is 0 Å². The average Bonchev–Trinajstić information content (AvgIpc) is 2.67. The Hall–Kier alpha value is -1.18. The third-order valence-electron chi connectivity index (χ3n) is 3.38. The van der Waals surface area contributed by atoms with Gasteiger partial charge in [-0.05, 0) is 30.5 Å². The van der Waals surface area contributed by atoms with Gasteiger partial charge in [-0.1, -0.05) is 32.3 Å². The van der Waals surface area contributed by atoms with Gasteiger partial charge in [0, 0.05) is 24.5 Å². The number of hydrogen-bond acceptors (Lipinski definition) is 2. The van der Waals surface area contributed by atoms with Crippen LogP contribution in [0.2, 0.25) is 0 Å². The molecule has 2 N–H and O–H groups in total. The lowest BCUT2D eigenvalue weighted by molar-refractivity contribution is 0.651. The zero-order valence-electron chi connectivity index (χ0n) is 10.2. The first-order valence-corrected chi connectivity index (χ1v) is 6.44. The monoisotopic (exact) mass is 218 g/mol. The summed E-state index contributed by atoms with van der Waals surface area (Å²) in [4.78, 5) is 2.49. The zero-order chi connectivity index (χ0) is 11.4. The van der Waals surface area contributed by atoms with Crippen LogP contribution in [0.15, 0.2) is 18.2 Å². The Morgan fingerprint density at radius 2 is 2.12 bits per heavy atom. The van der Waals surface area contributed by atoms with Gasteiger partial charge in [-0.25, -0.2) is 0 Å². The van der Waals surface area contributed by atoms with E-state index in [1.54, 1.807) is 0 Å². The zero-order valence-corrected chi connectivity index (χ0v) is 10.2. The van der Waals surface area contributed by atoms with Crippen molar-refractivity contribution in [2.45, 2.75) is 39.0 Å². The van der Waals surface area contributed by atoms with Crippen LogP contribution in [0.4, 0.5) is 11.4 Å². The maximum atomic E-state index is 5.84. The molecule has 0 saturated heterocycles.